The molecule has 1 amide bonds. The largest absolute Gasteiger partial charge is 0.756 e. The van der Waals surface area contributed by atoms with Gasteiger partial charge in [0.25, 0.3) is 7.82 Å². The molecule has 0 saturated heterocycles. The van der Waals surface area contributed by atoms with E-state index in [0.29, 0.717) is 17.4 Å². The zero-order valence-corrected chi connectivity index (χ0v) is 42.4. The Hall–Kier alpha value is -2.06. The second-order valence-electron chi connectivity index (χ2n) is 18.5. The predicted octanol–water partition coefficient (Wildman–Crippen LogP) is 14.5. The van der Waals surface area contributed by atoms with E-state index in [-0.39, 0.29) is 12.5 Å². The number of nitrogens with one attached hydrogen (secondary N) is 1. The van der Waals surface area contributed by atoms with Crippen molar-refractivity contribution in [3.8, 4) is 0 Å². The van der Waals surface area contributed by atoms with Gasteiger partial charge < -0.3 is 28.8 Å². The van der Waals surface area contributed by atoms with Gasteiger partial charge in [0.05, 0.1) is 39.9 Å². The lowest BCUT2D eigenvalue weighted by Crippen LogP contribution is -2.45. The van der Waals surface area contributed by atoms with Crippen molar-refractivity contribution in [3.05, 3.63) is 72.9 Å². The number of unbranched alkanes of at least 4 members (excludes halogenated alkanes) is 23. The third-order valence-electron chi connectivity index (χ3n) is 11.2. The van der Waals surface area contributed by atoms with E-state index in [0.717, 1.165) is 64.2 Å². The van der Waals surface area contributed by atoms with Gasteiger partial charge in [0, 0.05) is 6.42 Å². The molecule has 0 aromatic carbocycles. The maximum Gasteiger partial charge on any atom is 0.268 e. The average Bonchev–Trinajstić information content (AvgIpc) is 3.24. The number of phosphoric acid groups is 1. The van der Waals surface area contributed by atoms with E-state index in [9.17, 15) is 19.4 Å². The molecule has 0 rings (SSSR count). The first-order valence-electron chi connectivity index (χ1n) is 25.8. The van der Waals surface area contributed by atoms with Gasteiger partial charge in [0.15, 0.2) is 0 Å². The Morgan fingerprint density at radius 3 is 1.48 bits per heavy atom. The van der Waals surface area contributed by atoms with E-state index in [2.05, 4.69) is 79.9 Å². The molecule has 366 valence electrons. The first-order valence-corrected chi connectivity index (χ1v) is 27.3. The van der Waals surface area contributed by atoms with E-state index in [1.165, 1.54) is 128 Å². The van der Waals surface area contributed by atoms with Crippen molar-refractivity contribution in [2.45, 2.75) is 225 Å². The summed E-state index contributed by atoms with van der Waals surface area (Å²) in [5.74, 6) is -0.211. The fourth-order valence-corrected chi connectivity index (χ4v) is 7.81. The highest BCUT2D eigenvalue weighted by Gasteiger charge is 2.23. The van der Waals surface area contributed by atoms with Crippen LogP contribution in [0.1, 0.15) is 213 Å². The molecule has 0 spiro atoms. The van der Waals surface area contributed by atoms with Crippen molar-refractivity contribution < 1.29 is 32.9 Å². The minimum Gasteiger partial charge on any atom is -0.756 e. The van der Waals surface area contributed by atoms with Crippen LogP contribution in [-0.4, -0.2) is 68.5 Å². The Labute approximate surface area is 389 Å². The lowest BCUT2D eigenvalue weighted by atomic mass is 10.0. The van der Waals surface area contributed by atoms with Crippen molar-refractivity contribution in [2.75, 3.05) is 40.9 Å². The smallest absolute Gasteiger partial charge is 0.268 e. The van der Waals surface area contributed by atoms with Crippen molar-refractivity contribution in [3.63, 3.8) is 0 Å². The Morgan fingerprint density at radius 2 is 0.984 bits per heavy atom. The summed E-state index contributed by atoms with van der Waals surface area (Å²) in [5, 5.41) is 13.7. The standard InChI is InChI=1S/C54H99N2O6P/c1-6-8-10-12-14-16-17-18-19-20-21-22-23-24-25-26-27-28-29-30-31-32-33-34-35-36-37-38-39-40-42-44-46-48-54(58)55-52(51-62-63(59,60)61-50-49-56(3,4)5)53(57)47-45-43-41-15-13-11-9-7-2/h8,10,13-16,18-19,21-22,45,47,52-53,57H,6-7,9,11-12,17,20,23-44,46,48-51H2,1-5H3,(H-,55,58,59,60)/b10-8-,15-13+,16-14-,19-18-,22-21-,47-45+. The molecule has 0 aromatic heterocycles. The van der Waals surface area contributed by atoms with Crippen molar-refractivity contribution in [2.24, 2.45) is 0 Å². The maximum absolute atomic E-state index is 12.8. The Morgan fingerprint density at radius 1 is 0.571 bits per heavy atom. The highest BCUT2D eigenvalue weighted by atomic mass is 31.2. The van der Waals surface area contributed by atoms with Crippen molar-refractivity contribution in [1.82, 2.24) is 5.32 Å². The molecule has 8 nitrogen and oxygen atoms in total. The first kappa shape index (κ1) is 60.9. The zero-order chi connectivity index (χ0) is 46.4. The monoisotopic (exact) mass is 903 g/mol. The number of nitrogens with zero attached hydrogens (tertiary/aromatic N) is 1. The van der Waals surface area contributed by atoms with Gasteiger partial charge in [-0.1, -0.05) is 215 Å². The summed E-state index contributed by atoms with van der Waals surface area (Å²) in [6.07, 6.45) is 61.5. The molecule has 0 fully saturated rings. The van der Waals surface area contributed by atoms with Crippen LogP contribution < -0.4 is 10.2 Å². The lowest BCUT2D eigenvalue weighted by molar-refractivity contribution is -0.870. The minimum absolute atomic E-state index is 0.00787. The quantitative estimate of drug-likeness (QED) is 0.0273. The molecule has 0 bridgehead atoms. The average molecular weight is 903 g/mol. The summed E-state index contributed by atoms with van der Waals surface area (Å²) < 4.78 is 23.1. The topological polar surface area (TPSA) is 108 Å². The molecule has 0 heterocycles. The Kier molecular flexibility index (Phi) is 43.6. The number of likely N-dealkylation sites (N-methyl/N-ethyl adjacent to an activating group) is 1. The van der Waals surface area contributed by atoms with Gasteiger partial charge in [-0.3, -0.25) is 9.36 Å². The molecule has 63 heavy (non-hydrogen) atoms. The molecule has 0 aliphatic carbocycles. The van der Waals surface area contributed by atoms with E-state index in [1.807, 2.05) is 27.2 Å². The van der Waals surface area contributed by atoms with Gasteiger partial charge in [0.1, 0.15) is 13.2 Å². The third-order valence-corrected chi connectivity index (χ3v) is 12.1. The highest BCUT2D eigenvalue weighted by Crippen LogP contribution is 2.38. The number of amides is 1. The normalized spacial score (nSPS) is 14.7. The van der Waals surface area contributed by atoms with E-state index >= 15 is 0 Å². The van der Waals surface area contributed by atoms with Gasteiger partial charge >= 0.3 is 0 Å². The predicted molar refractivity (Wildman–Crippen MR) is 270 cm³/mol. The molecule has 0 aromatic rings. The highest BCUT2D eigenvalue weighted by molar-refractivity contribution is 7.45. The maximum atomic E-state index is 12.8. The number of rotatable bonds is 46. The molecule has 0 radical (unpaired) electrons. The number of quaternary nitrogens is 1. The van der Waals surface area contributed by atoms with Crippen LogP contribution in [0.15, 0.2) is 72.9 Å². The number of allylic oxidation sites excluding steroid dienone is 11. The van der Waals surface area contributed by atoms with E-state index < -0.39 is 26.6 Å². The number of aliphatic hydroxyl groups is 1. The molecule has 0 saturated carbocycles. The second-order valence-corrected chi connectivity index (χ2v) is 19.9. The molecular formula is C54H99N2O6P. The Bertz CT molecular complexity index is 1250. The zero-order valence-electron chi connectivity index (χ0n) is 41.5. The van der Waals surface area contributed by atoms with Crippen LogP contribution in [0.4, 0.5) is 0 Å². The summed E-state index contributed by atoms with van der Waals surface area (Å²) in [6.45, 7) is 4.43. The van der Waals surface area contributed by atoms with Crippen LogP contribution in [-0.2, 0) is 18.4 Å². The van der Waals surface area contributed by atoms with Crippen LogP contribution >= 0.6 is 7.82 Å². The Balaban J connectivity index is 3.93. The van der Waals surface area contributed by atoms with Gasteiger partial charge in [-0.25, -0.2) is 0 Å². The van der Waals surface area contributed by atoms with Crippen LogP contribution in [0.2, 0.25) is 0 Å². The van der Waals surface area contributed by atoms with E-state index in [1.54, 1.807) is 6.08 Å². The summed E-state index contributed by atoms with van der Waals surface area (Å²) in [7, 11) is 1.24. The lowest BCUT2D eigenvalue weighted by Gasteiger charge is -2.29. The number of carbonyl (C=O) groups excluding carboxylic acids is 1. The third kappa shape index (κ3) is 47.7. The van der Waals surface area contributed by atoms with Gasteiger partial charge in [-0.2, -0.15) is 0 Å². The van der Waals surface area contributed by atoms with Gasteiger partial charge in [-0.05, 0) is 64.2 Å². The van der Waals surface area contributed by atoms with Gasteiger partial charge in [-0.15, -0.1) is 0 Å². The molecule has 2 N–H and O–H groups in total. The van der Waals surface area contributed by atoms with Gasteiger partial charge in [0.2, 0.25) is 5.91 Å². The molecule has 0 aliphatic rings. The summed E-state index contributed by atoms with van der Waals surface area (Å²) in [5.41, 5.74) is 0. The second kappa shape index (κ2) is 45.1. The van der Waals surface area contributed by atoms with Crippen molar-refractivity contribution in [1.29, 1.82) is 0 Å². The fourth-order valence-electron chi connectivity index (χ4n) is 7.09. The number of hydrogen-bond donors (Lipinski definition) is 2. The fraction of sp³-hybridized carbons (Fsp3) is 0.759. The number of carbonyl (C=O) groups is 1. The summed E-state index contributed by atoms with van der Waals surface area (Å²) >= 11 is 0. The molecule has 0 aliphatic heterocycles. The first-order chi connectivity index (χ1) is 30.5. The van der Waals surface area contributed by atoms with Crippen LogP contribution in [0, 0.1) is 0 Å². The number of hydrogen-bond acceptors (Lipinski definition) is 6. The minimum atomic E-state index is -4.59. The van der Waals surface area contributed by atoms with E-state index in [4.69, 9.17) is 9.05 Å². The SMILES string of the molecule is CC/C=C\C/C=C\C/C=C\C/C=C\CCCCCCCCCCCCCCCCCCCCCCC(=O)NC(COP(=O)([O-])OCC[N+](C)(C)C)C(O)/C=C/CC/C=C/CCCC. The molecule has 3 atom stereocenters. The number of phosphoric ester groups is 1. The molecule has 3 unspecified atom stereocenters. The molecule has 9 heteroatoms. The number of aliphatic hydroxyl groups excluding tert-OH is 1. The summed E-state index contributed by atoms with van der Waals surface area (Å²) in [4.78, 5) is 25.3. The van der Waals surface area contributed by atoms with Crippen LogP contribution in [0.25, 0.3) is 0 Å². The molecular weight excluding hydrogens is 804 g/mol. The van der Waals surface area contributed by atoms with Crippen LogP contribution in [0.5, 0.6) is 0 Å². The van der Waals surface area contributed by atoms with Crippen molar-refractivity contribution >= 4 is 13.7 Å². The van der Waals surface area contributed by atoms with Crippen LogP contribution in [0.3, 0.4) is 0 Å². The summed E-state index contributed by atoms with van der Waals surface area (Å²) in [6, 6.07) is -0.901.